The minimum Gasteiger partial charge on any atom is -0.495 e. The SMILES string of the molecule is COc1ccc(N2C(=O)C[C@H](Sc3cccc(NC(=O)/C(=C/c4ccc(C(C)C)cc4)NC(=O)c4ccccc4)c3)C2=O)cc1Cl. The fourth-order valence-corrected chi connectivity index (χ4v) is 6.22. The first-order valence-corrected chi connectivity index (χ1v) is 15.8. The van der Waals surface area contributed by atoms with Gasteiger partial charge in [-0.25, -0.2) is 4.90 Å². The highest BCUT2D eigenvalue weighted by Gasteiger charge is 2.40. The molecule has 0 aromatic heterocycles. The van der Waals surface area contributed by atoms with Crippen molar-refractivity contribution in [3.8, 4) is 5.75 Å². The molecule has 5 rings (SSSR count). The molecule has 0 radical (unpaired) electrons. The predicted octanol–water partition coefficient (Wildman–Crippen LogP) is 7.31. The number of amides is 4. The molecule has 0 bridgehead atoms. The second-order valence-electron chi connectivity index (χ2n) is 10.9. The number of thioether (sulfide) groups is 1. The number of anilines is 2. The van der Waals surface area contributed by atoms with Gasteiger partial charge in [-0.05, 0) is 71.7 Å². The predicted molar refractivity (Wildman–Crippen MR) is 182 cm³/mol. The molecule has 10 heteroatoms. The maximum atomic E-state index is 13.6. The molecule has 2 N–H and O–H groups in total. The van der Waals surface area contributed by atoms with E-state index in [0.717, 1.165) is 16.0 Å². The van der Waals surface area contributed by atoms with Gasteiger partial charge in [-0.15, -0.1) is 11.8 Å². The van der Waals surface area contributed by atoms with Crippen molar-refractivity contribution in [2.24, 2.45) is 0 Å². The number of benzene rings is 4. The van der Waals surface area contributed by atoms with Crippen LogP contribution in [0.3, 0.4) is 0 Å². The van der Waals surface area contributed by atoms with E-state index < -0.39 is 17.1 Å². The van der Waals surface area contributed by atoms with E-state index in [1.165, 1.54) is 24.9 Å². The zero-order valence-electron chi connectivity index (χ0n) is 25.5. The van der Waals surface area contributed by atoms with Crippen LogP contribution in [0.15, 0.2) is 108 Å². The number of ether oxygens (including phenoxy) is 1. The van der Waals surface area contributed by atoms with Crippen molar-refractivity contribution in [2.45, 2.75) is 36.3 Å². The Bertz CT molecular complexity index is 1810. The Hall–Kier alpha value is -4.86. The Morgan fingerprint density at radius 2 is 1.70 bits per heavy atom. The summed E-state index contributed by atoms with van der Waals surface area (Å²) in [5.41, 5.74) is 3.22. The fraction of sp³-hybridized carbons (Fsp3) is 0.167. The zero-order valence-corrected chi connectivity index (χ0v) is 27.0. The van der Waals surface area contributed by atoms with Gasteiger partial charge in [0.1, 0.15) is 11.4 Å². The van der Waals surface area contributed by atoms with E-state index in [2.05, 4.69) is 24.5 Å². The summed E-state index contributed by atoms with van der Waals surface area (Å²) in [6, 6.07) is 28.2. The lowest BCUT2D eigenvalue weighted by Gasteiger charge is -2.16. The molecular weight excluding hydrogens is 622 g/mol. The molecule has 4 aromatic carbocycles. The Labute approximate surface area is 276 Å². The number of hydrogen-bond acceptors (Lipinski definition) is 6. The van der Waals surface area contributed by atoms with Crippen LogP contribution in [0, 0.1) is 0 Å². The van der Waals surface area contributed by atoms with Crippen molar-refractivity contribution >= 4 is 64.4 Å². The molecule has 1 saturated heterocycles. The van der Waals surface area contributed by atoms with Gasteiger partial charge in [0, 0.05) is 22.6 Å². The number of imide groups is 1. The minimum atomic E-state index is -0.659. The molecule has 234 valence electrons. The Kier molecular flexibility index (Phi) is 10.2. The van der Waals surface area contributed by atoms with E-state index in [-0.39, 0.29) is 23.9 Å². The van der Waals surface area contributed by atoms with Gasteiger partial charge in [-0.2, -0.15) is 0 Å². The lowest BCUT2D eigenvalue weighted by molar-refractivity contribution is -0.121. The Morgan fingerprint density at radius 3 is 2.37 bits per heavy atom. The summed E-state index contributed by atoms with van der Waals surface area (Å²) in [4.78, 5) is 54.5. The van der Waals surface area contributed by atoms with Crippen LogP contribution in [0.25, 0.3) is 6.08 Å². The fourth-order valence-electron chi connectivity index (χ4n) is 4.86. The summed E-state index contributed by atoms with van der Waals surface area (Å²) in [5.74, 6) is -0.839. The van der Waals surface area contributed by atoms with Crippen LogP contribution >= 0.6 is 23.4 Å². The van der Waals surface area contributed by atoms with Crippen molar-refractivity contribution in [2.75, 3.05) is 17.3 Å². The van der Waals surface area contributed by atoms with Crippen LogP contribution in [0.2, 0.25) is 5.02 Å². The number of hydrogen-bond donors (Lipinski definition) is 2. The van der Waals surface area contributed by atoms with Crippen molar-refractivity contribution in [3.63, 3.8) is 0 Å². The summed E-state index contributed by atoms with van der Waals surface area (Å²) in [5, 5.41) is 5.25. The lowest BCUT2D eigenvalue weighted by atomic mass is 10.0. The quantitative estimate of drug-likeness (QED) is 0.137. The molecule has 8 nitrogen and oxygen atoms in total. The van der Waals surface area contributed by atoms with Gasteiger partial charge >= 0.3 is 0 Å². The molecule has 1 heterocycles. The second-order valence-corrected chi connectivity index (χ2v) is 12.6. The van der Waals surface area contributed by atoms with Gasteiger partial charge in [0.25, 0.3) is 11.8 Å². The van der Waals surface area contributed by atoms with Gasteiger partial charge in [-0.1, -0.05) is 74.0 Å². The topological polar surface area (TPSA) is 105 Å². The summed E-state index contributed by atoms with van der Waals surface area (Å²) in [6.45, 7) is 4.20. The maximum Gasteiger partial charge on any atom is 0.272 e. The number of methoxy groups -OCH3 is 1. The Balaban J connectivity index is 1.33. The lowest BCUT2D eigenvalue weighted by Crippen LogP contribution is -2.31. The average Bonchev–Trinajstić information content (AvgIpc) is 3.33. The third kappa shape index (κ3) is 7.67. The number of nitrogens with one attached hydrogen (secondary N) is 2. The third-order valence-corrected chi connectivity index (χ3v) is 8.79. The highest BCUT2D eigenvalue weighted by molar-refractivity contribution is 8.00. The Morgan fingerprint density at radius 1 is 0.957 bits per heavy atom. The number of rotatable bonds is 10. The van der Waals surface area contributed by atoms with Gasteiger partial charge in [0.05, 0.1) is 23.1 Å². The first-order valence-electron chi connectivity index (χ1n) is 14.6. The monoisotopic (exact) mass is 653 g/mol. The molecule has 0 unspecified atom stereocenters. The van der Waals surface area contributed by atoms with Crippen LogP contribution in [0.4, 0.5) is 11.4 Å². The van der Waals surface area contributed by atoms with Crippen LogP contribution in [0.5, 0.6) is 5.75 Å². The van der Waals surface area contributed by atoms with Gasteiger partial charge in [-0.3, -0.25) is 19.2 Å². The largest absolute Gasteiger partial charge is 0.495 e. The molecule has 0 saturated carbocycles. The first-order chi connectivity index (χ1) is 22.1. The standard InChI is InChI=1S/C36H32ClN3O5S/c1-22(2)24-14-12-23(13-15-24)18-30(39-34(42)25-8-5-4-6-9-25)35(43)38-26-10-7-11-28(19-26)46-32-21-33(41)40(36(32)44)27-16-17-31(45-3)29(37)20-27/h4-20,22,32H,21H2,1-3H3,(H,38,43)(H,39,42)/b30-18-/t32-/m0/s1. The summed E-state index contributed by atoms with van der Waals surface area (Å²) in [7, 11) is 1.49. The third-order valence-electron chi connectivity index (χ3n) is 7.31. The molecule has 46 heavy (non-hydrogen) atoms. The van der Waals surface area contributed by atoms with Gasteiger partial charge in [0.2, 0.25) is 11.8 Å². The molecule has 1 atom stereocenters. The molecule has 0 aliphatic carbocycles. The summed E-state index contributed by atoms with van der Waals surface area (Å²) in [6.07, 6.45) is 1.64. The molecule has 0 spiro atoms. The minimum absolute atomic E-state index is 0.0116. The van der Waals surface area contributed by atoms with Crippen LogP contribution in [-0.4, -0.2) is 36.0 Å². The number of halogens is 1. The van der Waals surface area contributed by atoms with Gasteiger partial charge < -0.3 is 15.4 Å². The number of carbonyl (C=O) groups is 4. The van der Waals surface area contributed by atoms with E-state index in [1.807, 2.05) is 30.3 Å². The van der Waals surface area contributed by atoms with Crippen molar-refractivity contribution in [1.29, 1.82) is 0 Å². The molecule has 1 aliphatic rings. The normalized spacial score (nSPS) is 14.8. The van der Waals surface area contributed by atoms with Crippen molar-refractivity contribution in [3.05, 3.63) is 124 Å². The van der Waals surface area contributed by atoms with Crippen molar-refractivity contribution < 1.29 is 23.9 Å². The second kappa shape index (κ2) is 14.5. The molecule has 4 amide bonds. The van der Waals surface area contributed by atoms with E-state index in [9.17, 15) is 19.2 Å². The highest BCUT2D eigenvalue weighted by atomic mass is 35.5. The molecule has 1 fully saturated rings. The van der Waals surface area contributed by atoms with Crippen LogP contribution in [-0.2, 0) is 14.4 Å². The maximum absolute atomic E-state index is 13.6. The van der Waals surface area contributed by atoms with Crippen LogP contribution < -0.4 is 20.3 Å². The van der Waals surface area contributed by atoms with E-state index in [0.29, 0.717) is 38.5 Å². The summed E-state index contributed by atoms with van der Waals surface area (Å²) < 4.78 is 5.17. The summed E-state index contributed by atoms with van der Waals surface area (Å²) >= 11 is 7.46. The molecular formula is C36H32ClN3O5S. The molecule has 4 aromatic rings. The molecule has 1 aliphatic heterocycles. The van der Waals surface area contributed by atoms with E-state index in [4.69, 9.17) is 16.3 Å². The van der Waals surface area contributed by atoms with Crippen LogP contribution in [0.1, 0.15) is 47.7 Å². The van der Waals surface area contributed by atoms with Gasteiger partial charge in [0.15, 0.2) is 0 Å². The van der Waals surface area contributed by atoms with E-state index >= 15 is 0 Å². The smallest absolute Gasteiger partial charge is 0.272 e. The number of nitrogens with zero attached hydrogens (tertiary/aromatic N) is 1. The highest BCUT2D eigenvalue weighted by Crippen LogP contribution is 2.37. The number of carbonyl (C=O) groups excluding carboxylic acids is 4. The van der Waals surface area contributed by atoms with E-state index in [1.54, 1.807) is 66.7 Å². The first kappa shape index (κ1) is 32.5. The average molecular weight is 654 g/mol. The van der Waals surface area contributed by atoms with Crippen molar-refractivity contribution in [1.82, 2.24) is 5.32 Å². The zero-order chi connectivity index (χ0) is 32.8.